The van der Waals surface area contributed by atoms with Crippen molar-refractivity contribution in [2.45, 2.75) is 57.0 Å². The molecule has 3 amide bonds. The monoisotopic (exact) mass is 457 g/mol. The lowest BCUT2D eigenvalue weighted by Gasteiger charge is -2.21. The number of nitrogens with one attached hydrogen (secondary N) is 2. The van der Waals surface area contributed by atoms with Gasteiger partial charge in [-0.2, -0.15) is 0 Å². The van der Waals surface area contributed by atoms with Crippen molar-refractivity contribution >= 4 is 35.8 Å². The molecule has 13 heteroatoms. The highest BCUT2D eigenvalue weighted by atomic mass is 16.4. The number of amides is 3. The molecule has 0 aromatic rings. The van der Waals surface area contributed by atoms with Gasteiger partial charge in [0.1, 0.15) is 18.6 Å². The van der Waals surface area contributed by atoms with Crippen LogP contribution in [0.25, 0.3) is 0 Å². The first kappa shape index (κ1) is 28.2. The summed E-state index contributed by atoms with van der Waals surface area (Å²) in [5, 5.41) is 39.9. The summed E-state index contributed by atoms with van der Waals surface area (Å²) in [5.74, 6) is -3.48. The fourth-order valence-corrected chi connectivity index (χ4v) is 2.58. The number of carboxylic acids is 4. The Morgan fingerprint density at radius 1 is 0.812 bits per heavy atom. The second kappa shape index (κ2) is 15.1. The Labute approximate surface area is 183 Å². The molecular weight excluding hydrogens is 430 g/mol. The SMILES string of the molecule is C#CCCC(=O)N(CCCC[C@H](NC(=O)N[C@@H](CCC(=O)O)C(=O)O)C(=O)O)CC(=O)O. The van der Waals surface area contributed by atoms with Crippen LogP contribution in [-0.2, 0) is 24.0 Å². The summed E-state index contributed by atoms with van der Waals surface area (Å²) in [4.78, 5) is 69.0. The predicted octanol–water partition coefficient (Wildman–Crippen LogP) is -0.446. The van der Waals surface area contributed by atoms with Crippen molar-refractivity contribution in [2.24, 2.45) is 0 Å². The summed E-state index contributed by atoms with van der Waals surface area (Å²) in [6.07, 6.45) is 4.71. The summed E-state index contributed by atoms with van der Waals surface area (Å²) < 4.78 is 0. The van der Waals surface area contributed by atoms with Gasteiger partial charge in [0.25, 0.3) is 0 Å². The van der Waals surface area contributed by atoms with Gasteiger partial charge in [-0.3, -0.25) is 14.4 Å². The van der Waals surface area contributed by atoms with Crippen molar-refractivity contribution in [1.29, 1.82) is 0 Å². The molecule has 0 fully saturated rings. The topological polar surface area (TPSA) is 211 Å². The number of carboxylic acid groups (broad SMARTS) is 4. The van der Waals surface area contributed by atoms with Gasteiger partial charge < -0.3 is 36.0 Å². The van der Waals surface area contributed by atoms with Gasteiger partial charge >= 0.3 is 29.9 Å². The van der Waals surface area contributed by atoms with Gasteiger partial charge in [0.15, 0.2) is 0 Å². The highest BCUT2D eigenvalue weighted by Gasteiger charge is 2.25. The molecule has 0 spiro atoms. The molecule has 178 valence electrons. The molecule has 0 unspecified atom stereocenters. The van der Waals surface area contributed by atoms with Crippen LogP contribution in [0.4, 0.5) is 4.79 Å². The van der Waals surface area contributed by atoms with E-state index in [9.17, 15) is 33.9 Å². The van der Waals surface area contributed by atoms with E-state index in [1.54, 1.807) is 0 Å². The smallest absolute Gasteiger partial charge is 0.326 e. The average molecular weight is 457 g/mol. The lowest BCUT2D eigenvalue weighted by Crippen LogP contribution is -2.51. The van der Waals surface area contributed by atoms with E-state index in [1.807, 2.05) is 5.32 Å². The Bertz CT molecular complexity index is 746. The van der Waals surface area contributed by atoms with E-state index in [4.69, 9.17) is 21.7 Å². The molecule has 0 aliphatic rings. The fourth-order valence-electron chi connectivity index (χ4n) is 2.58. The van der Waals surface area contributed by atoms with Crippen LogP contribution in [0.2, 0.25) is 0 Å². The molecule has 32 heavy (non-hydrogen) atoms. The average Bonchev–Trinajstić information content (AvgIpc) is 2.69. The van der Waals surface area contributed by atoms with E-state index in [-0.39, 0.29) is 45.1 Å². The summed E-state index contributed by atoms with van der Waals surface area (Å²) >= 11 is 0. The number of urea groups is 1. The first-order valence-corrected chi connectivity index (χ1v) is 9.65. The normalized spacial score (nSPS) is 12.0. The van der Waals surface area contributed by atoms with Gasteiger partial charge in [-0.05, 0) is 25.7 Å². The molecule has 0 saturated heterocycles. The van der Waals surface area contributed by atoms with Crippen LogP contribution in [0.3, 0.4) is 0 Å². The largest absolute Gasteiger partial charge is 0.481 e. The maximum atomic E-state index is 12.0. The van der Waals surface area contributed by atoms with Crippen molar-refractivity contribution in [3.8, 4) is 12.3 Å². The van der Waals surface area contributed by atoms with E-state index < -0.39 is 60.9 Å². The Balaban J connectivity index is 4.71. The number of nitrogens with zero attached hydrogens (tertiary/aromatic N) is 1. The molecule has 0 saturated carbocycles. The molecule has 6 N–H and O–H groups in total. The summed E-state index contributed by atoms with van der Waals surface area (Å²) in [7, 11) is 0. The van der Waals surface area contributed by atoms with Gasteiger partial charge in [-0.25, -0.2) is 14.4 Å². The van der Waals surface area contributed by atoms with Crippen molar-refractivity contribution in [2.75, 3.05) is 13.1 Å². The zero-order chi connectivity index (χ0) is 24.7. The van der Waals surface area contributed by atoms with Crippen LogP contribution in [0.15, 0.2) is 0 Å². The van der Waals surface area contributed by atoms with Crippen molar-refractivity contribution in [1.82, 2.24) is 15.5 Å². The number of terminal acetylenes is 1. The second-order valence-electron chi connectivity index (χ2n) is 6.74. The lowest BCUT2D eigenvalue weighted by molar-refractivity contribution is -0.144. The standard InChI is InChI=1S/C19H27N3O10/c1-2-3-7-14(23)22(11-16(26)27)10-5-4-6-12(17(28)29)20-19(32)21-13(18(30)31)8-9-15(24)25/h1,12-13H,3-11H2,(H,24,25)(H,26,27)(H,28,29)(H,30,31)(H2,20,21,32)/t12-,13-/m0/s1. The van der Waals surface area contributed by atoms with Crippen LogP contribution < -0.4 is 10.6 Å². The van der Waals surface area contributed by atoms with Gasteiger partial charge in [0.05, 0.1) is 0 Å². The van der Waals surface area contributed by atoms with E-state index in [0.29, 0.717) is 0 Å². The van der Waals surface area contributed by atoms with Crippen molar-refractivity contribution in [3.05, 3.63) is 0 Å². The minimum Gasteiger partial charge on any atom is -0.481 e. The third-order valence-corrected chi connectivity index (χ3v) is 4.19. The highest BCUT2D eigenvalue weighted by molar-refractivity contribution is 5.86. The van der Waals surface area contributed by atoms with E-state index in [1.165, 1.54) is 0 Å². The van der Waals surface area contributed by atoms with Crippen molar-refractivity contribution < 1.29 is 49.2 Å². The number of unbranched alkanes of at least 4 members (excludes halogenated alkanes) is 1. The van der Waals surface area contributed by atoms with Gasteiger partial charge in [0, 0.05) is 25.8 Å². The van der Waals surface area contributed by atoms with Gasteiger partial charge in [-0.1, -0.05) is 0 Å². The quantitative estimate of drug-likeness (QED) is 0.130. The number of carbonyl (C=O) groups is 6. The Hall–Kier alpha value is -3.82. The predicted molar refractivity (Wildman–Crippen MR) is 108 cm³/mol. The number of hydrogen-bond donors (Lipinski definition) is 6. The van der Waals surface area contributed by atoms with Crippen LogP contribution >= 0.6 is 0 Å². The lowest BCUT2D eigenvalue weighted by atomic mass is 10.1. The number of hydrogen-bond acceptors (Lipinski definition) is 6. The molecular formula is C19H27N3O10. The maximum absolute atomic E-state index is 12.0. The molecule has 0 aliphatic carbocycles. The molecule has 0 aromatic heterocycles. The molecule has 0 rings (SSSR count). The van der Waals surface area contributed by atoms with Gasteiger partial charge in [0.2, 0.25) is 5.91 Å². The van der Waals surface area contributed by atoms with Crippen LogP contribution in [0.5, 0.6) is 0 Å². The summed E-state index contributed by atoms with van der Waals surface area (Å²) in [5.41, 5.74) is 0. The Kier molecular flexibility index (Phi) is 13.3. The third-order valence-electron chi connectivity index (χ3n) is 4.19. The number of carbonyl (C=O) groups excluding carboxylic acids is 2. The number of aliphatic carboxylic acids is 4. The molecule has 2 atom stereocenters. The maximum Gasteiger partial charge on any atom is 0.326 e. The van der Waals surface area contributed by atoms with E-state index in [2.05, 4.69) is 11.2 Å². The number of rotatable bonds is 16. The summed E-state index contributed by atoms with van der Waals surface area (Å²) in [6, 6.07) is -3.99. The van der Waals surface area contributed by atoms with Gasteiger partial charge in [-0.15, -0.1) is 12.3 Å². The van der Waals surface area contributed by atoms with E-state index >= 15 is 0 Å². The molecule has 0 radical (unpaired) electrons. The van der Waals surface area contributed by atoms with Crippen LogP contribution in [0, 0.1) is 12.3 Å². The molecule has 0 bridgehead atoms. The first-order valence-electron chi connectivity index (χ1n) is 9.65. The minimum absolute atomic E-state index is 0.0180. The first-order chi connectivity index (χ1) is 15.0. The Morgan fingerprint density at radius 2 is 1.38 bits per heavy atom. The molecule has 0 aliphatic heterocycles. The fraction of sp³-hybridized carbons (Fsp3) is 0.579. The molecule has 0 aromatic carbocycles. The van der Waals surface area contributed by atoms with Crippen molar-refractivity contribution in [3.63, 3.8) is 0 Å². The zero-order valence-corrected chi connectivity index (χ0v) is 17.3. The summed E-state index contributed by atoms with van der Waals surface area (Å²) in [6.45, 7) is -0.482. The molecule has 13 nitrogen and oxygen atoms in total. The third kappa shape index (κ3) is 12.7. The van der Waals surface area contributed by atoms with Crippen LogP contribution in [0.1, 0.15) is 44.9 Å². The second-order valence-corrected chi connectivity index (χ2v) is 6.74. The highest BCUT2D eigenvalue weighted by Crippen LogP contribution is 2.06. The molecule has 0 heterocycles. The van der Waals surface area contributed by atoms with Crippen LogP contribution in [-0.4, -0.2) is 86.3 Å². The Morgan fingerprint density at radius 3 is 1.84 bits per heavy atom. The minimum atomic E-state index is -1.51. The van der Waals surface area contributed by atoms with E-state index in [0.717, 1.165) is 4.90 Å². The zero-order valence-electron chi connectivity index (χ0n) is 17.3.